The summed E-state index contributed by atoms with van der Waals surface area (Å²) in [4.78, 5) is 12.4. The summed E-state index contributed by atoms with van der Waals surface area (Å²) < 4.78 is 12.7. The smallest absolute Gasteiger partial charge is 0.243 e. The molecule has 1 aromatic rings. The van der Waals surface area contributed by atoms with Crippen LogP contribution in [-0.2, 0) is 4.79 Å². The number of carbonyl (C=O) groups excluding carboxylic acids is 1. The zero-order valence-corrected chi connectivity index (χ0v) is 10.3. The molecule has 0 unspecified atom stereocenters. The fourth-order valence-corrected chi connectivity index (χ4v) is 2.62. The first-order valence-corrected chi connectivity index (χ1v) is 6.65. The highest BCUT2D eigenvalue weighted by Crippen LogP contribution is 2.23. The molecule has 0 saturated heterocycles. The summed E-state index contributed by atoms with van der Waals surface area (Å²) in [7, 11) is 0. The molecule has 1 amide bonds. The molecule has 17 heavy (non-hydrogen) atoms. The Morgan fingerprint density at radius 1 is 1.41 bits per heavy atom. The predicted octanol–water partition coefficient (Wildman–Crippen LogP) is 2.92. The van der Waals surface area contributed by atoms with Gasteiger partial charge in [-0.25, -0.2) is 5.43 Å². The number of halogens is 1. The molecule has 3 nitrogen and oxygen atoms in total. The Bertz CT molecular complexity index is 410. The van der Waals surface area contributed by atoms with E-state index in [0.29, 0.717) is 4.88 Å². The molecule has 0 aromatic carbocycles. The molecule has 0 bridgehead atoms. The van der Waals surface area contributed by atoms with Gasteiger partial charge in [0, 0.05) is 5.92 Å². The standard InChI is InChI=1S/C12H15FN2OS/c13-11-7-6-10(17-11)8-14-15-12(16)9-4-2-1-3-5-9/h6-9H,1-5H2,(H,15,16)/b14-8+. The highest BCUT2D eigenvalue weighted by Gasteiger charge is 2.20. The van der Waals surface area contributed by atoms with Crippen LogP contribution in [0.4, 0.5) is 4.39 Å². The molecule has 1 saturated carbocycles. The van der Waals surface area contributed by atoms with Gasteiger partial charge < -0.3 is 0 Å². The van der Waals surface area contributed by atoms with Crippen molar-refractivity contribution in [3.8, 4) is 0 Å². The molecule has 1 aliphatic rings. The Hall–Kier alpha value is -1.23. The van der Waals surface area contributed by atoms with Gasteiger partial charge in [0.25, 0.3) is 0 Å². The zero-order chi connectivity index (χ0) is 12.1. The Kier molecular flexibility index (Phi) is 4.25. The van der Waals surface area contributed by atoms with Gasteiger partial charge in [-0.05, 0) is 25.0 Å². The van der Waals surface area contributed by atoms with E-state index >= 15 is 0 Å². The van der Waals surface area contributed by atoms with Gasteiger partial charge in [0.1, 0.15) is 0 Å². The summed E-state index contributed by atoms with van der Waals surface area (Å²) in [5.74, 6) is 0.0824. The van der Waals surface area contributed by atoms with E-state index in [4.69, 9.17) is 0 Å². The van der Waals surface area contributed by atoms with Gasteiger partial charge in [0.15, 0.2) is 5.13 Å². The van der Waals surface area contributed by atoms with Crippen molar-refractivity contribution in [1.29, 1.82) is 0 Å². The van der Waals surface area contributed by atoms with Crippen LogP contribution >= 0.6 is 11.3 Å². The second kappa shape index (κ2) is 5.91. The van der Waals surface area contributed by atoms with Gasteiger partial charge in [-0.1, -0.05) is 19.3 Å². The van der Waals surface area contributed by atoms with E-state index < -0.39 is 0 Å². The summed E-state index contributed by atoms with van der Waals surface area (Å²) >= 11 is 1.01. The highest BCUT2D eigenvalue weighted by molar-refractivity contribution is 7.12. The largest absolute Gasteiger partial charge is 0.273 e. The fraction of sp³-hybridized carbons (Fsp3) is 0.500. The maximum atomic E-state index is 12.7. The minimum absolute atomic E-state index is 0.0158. The summed E-state index contributed by atoms with van der Waals surface area (Å²) in [6, 6.07) is 3.02. The first-order chi connectivity index (χ1) is 8.25. The lowest BCUT2D eigenvalue weighted by Crippen LogP contribution is -2.28. The van der Waals surface area contributed by atoms with Crippen molar-refractivity contribution >= 4 is 23.5 Å². The van der Waals surface area contributed by atoms with Crippen LogP contribution in [-0.4, -0.2) is 12.1 Å². The summed E-state index contributed by atoms with van der Waals surface area (Å²) in [5, 5.41) is 3.60. The number of hydrazone groups is 1. The Balaban J connectivity index is 1.81. The number of amides is 1. The Morgan fingerprint density at radius 3 is 2.82 bits per heavy atom. The lowest BCUT2D eigenvalue weighted by Gasteiger charge is -2.19. The minimum Gasteiger partial charge on any atom is -0.273 e. The molecule has 1 aromatic heterocycles. The highest BCUT2D eigenvalue weighted by atomic mass is 32.1. The van der Waals surface area contributed by atoms with Crippen LogP contribution in [0.5, 0.6) is 0 Å². The third-order valence-electron chi connectivity index (χ3n) is 2.94. The average Bonchev–Trinajstić information content (AvgIpc) is 2.76. The molecule has 1 fully saturated rings. The third kappa shape index (κ3) is 3.63. The van der Waals surface area contributed by atoms with Crippen molar-refractivity contribution in [2.24, 2.45) is 11.0 Å². The quantitative estimate of drug-likeness (QED) is 0.654. The van der Waals surface area contributed by atoms with Crippen LogP contribution in [0.2, 0.25) is 0 Å². The number of hydrogen-bond donors (Lipinski definition) is 1. The van der Waals surface area contributed by atoms with Crippen LogP contribution in [0.1, 0.15) is 37.0 Å². The van der Waals surface area contributed by atoms with Crippen LogP contribution in [0.25, 0.3) is 0 Å². The lowest BCUT2D eigenvalue weighted by molar-refractivity contribution is -0.125. The molecule has 1 aliphatic carbocycles. The third-order valence-corrected chi connectivity index (χ3v) is 3.74. The number of nitrogens with zero attached hydrogens (tertiary/aromatic N) is 1. The van der Waals surface area contributed by atoms with Crippen molar-refractivity contribution in [3.05, 3.63) is 22.1 Å². The number of carbonyl (C=O) groups is 1. The molecular weight excluding hydrogens is 239 g/mol. The van der Waals surface area contributed by atoms with Crippen molar-refractivity contribution in [2.75, 3.05) is 0 Å². The van der Waals surface area contributed by atoms with Gasteiger partial charge in [-0.3, -0.25) is 4.79 Å². The molecule has 2 rings (SSSR count). The number of nitrogens with one attached hydrogen (secondary N) is 1. The molecule has 92 valence electrons. The van der Waals surface area contributed by atoms with Gasteiger partial charge in [-0.15, -0.1) is 11.3 Å². The van der Waals surface area contributed by atoms with E-state index in [1.807, 2.05) is 0 Å². The lowest BCUT2D eigenvalue weighted by atomic mass is 9.89. The van der Waals surface area contributed by atoms with Crippen molar-refractivity contribution < 1.29 is 9.18 Å². The van der Waals surface area contributed by atoms with Crippen molar-refractivity contribution in [2.45, 2.75) is 32.1 Å². The molecule has 1 heterocycles. The average molecular weight is 254 g/mol. The van der Waals surface area contributed by atoms with Crippen LogP contribution in [0.3, 0.4) is 0 Å². The van der Waals surface area contributed by atoms with E-state index in [0.717, 1.165) is 37.0 Å². The number of hydrogen-bond acceptors (Lipinski definition) is 3. The summed E-state index contributed by atoms with van der Waals surface area (Å²) in [6.45, 7) is 0. The molecular formula is C12H15FN2OS. The molecule has 0 radical (unpaired) electrons. The Labute approximate surface area is 104 Å². The van der Waals surface area contributed by atoms with Gasteiger partial charge in [0.05, 0.1) is 11.1 Å². The number of thiophene rings is 1. The van der Waals surface area contributed by atoms with Gasteiger partial charge in [-0.2, -0.15) is 9.49 Å². The second-order valence-corrected chi connectivity index (χ2v) is 5.28. The van der Waals surface area contributed by atoms with E-state index in [-0.39, 0.29) is 17.0 Å². The maximum absolute atomic E-state index is 12.7. The first kappa shape index (κ1) is 12.2. The first-order valence-electron chi connectivity index (χ1n) is 5.84. The Morgan fingerprint density at radius 2 is 2.18 bits per heavy atom. The molecule has 0 spiro atoms. The van der Waals surface area contributed by atoms with E-state index in [1.165, 1.54) is 18.7 Å². The zero-order valence-electron chi connectivity index (χ0n) is 9.49. The van der Waals surface area contributed by atoms with Gasteiger partial charge >= 0.3 is 0 Å². The minimum atomic E-state index is -0.245. The predicted molar refractivity (Wildman–Crippen MR) is 66.6 cm³/mol. The molecule has 0 aliphatic heterocycles. The van der Waals surface area contributed by atoms with E-state index in [9.17, 15) is 9.18 Å². The van der Waals surface area contributed by atoms with Crippen LogP contribution in [0.15, 0.2) is 17.2 Å². The summed E-state index contributed by atoms with van der Waals surface area (Å²) in [6.07, 6.45) is 6.86. The monoisotopic (exact) mass is 254 g/mol. The molecule has 1 N–H and O–H groups in total. The van der Waals surface area contributed by atoms with Gasteiger partial charge in [0.2, 0.25) is 5.91 Å². The van der Waals surface area contributed by atoms with E-state index in [1.54, 1.807) is 6.07 Å². The van der Waals surface area contributed by atoms with Crippen LogP contribution < -0.4 is 5.43 Å². The SMILES string of the molecule is O=C(N/N=C/c1ccc(F)s1)C1CCCCC1. The number of rotatable bonds is 3. The molecule has 5 heteroatoms. The van der Waals surface area contributed by atoms with Crippen LogP contribution in [0, 0.1) is 11.0 Å². The normalized spacial score (nSPS) is 17.5. The fourth-order valence-electron chi connectivity index (χ4n) is 2.01. The second-order valence-electron chi connectivity index (χ2n) is 4.21. The topological polar surface area (TPSA) is 41.5 Å². The van der Waals surface area contributed by atoms with Crippen molar-refractivity contribution in [3.63, 3.8) is 0 Å². The molecule has 0 atom stereocenters. The maximum Gasteiger partial charge on any atom is 0.243 e. The van der Waals surface area contributed by atoms with Crippen molar-refractivity contribution in [1.82, 2.24) is 5.43 Å². The summed E-state index contributed by atoms with van der Waals surface area (Å²) in [5.41, 5.74) is 2.52. The van der Waals surface area contributed by atoms with E-state index in [2.05, 4.69) is 10.5 Å².